The van der Waals surface area contributed by atoms with Crippen LogP contribution >= 0.6 is 0 Å². The lowest BCUT2D eigenvalue weighted by molar-refractivity contribution is -0.193. The van der Waals surface area contributed by atoms with Gasteiger partial charge in [-0.15, -0.1) is 0 Å². The predicted octanol–water partition coefficient (Wildman–Crippen LogP) is 2.52. The summed E-state index contributed by atoms with van der Waals surface area (Å²) in [7, 11) is 0. The van der Waals surface area contributed by atoms with Crippen LogP contribution in [-0.4, -0.2) is 54.5 Å². The Labute approximate surface area is 158 Å². The zero-order chi connectivity index (χ0) is 19.8. The van der Waals surface area contributed by atoms with Gasteiger partial charge in [0, 0.05) is 37.5 Å². The summed E-state index contributed by atoms with van der Waals surface area (Å²) in [5.74, 6) is 0.872. The van der Waals surface area contributed by atoms with Crippen molar-refractivity contribution in [2.24, 2.45) is 0 Å². The van der Waals surface area contributed by atoms with Crippen molar-refractivity contribution in [3.63, 3.8) is 0 Å². The number of aromatic nitrogens is 6. The Morgan fingerprint density at radius 2 is 2.04 bits per heavy atom. The smallest absolute Gasteiger partial charge is 0.338 e. The van der Waals surface area contributed by atoms with Crippen LogP contribution in [0.15, 0.2) is 29.0 Å². The third kappa shape index (κ3) is 3.26. The van der Waals surface area contributed by atoms with Gasteiger partial charge in [-0.3, -0.25) is 15.0 Å². The van der Waals surface area contributed by atoms with Crippen molar-refractivity contribution >= 4 is 0 Å². The Kier molecular flexibility index (Phi) is 4.61. The first-order chi connectivity index (χ1) is 13.4. The zero-order valence-electron chi connectivity index (χ0n) is 15.1. The van der Waals surface area contributed by atoms with Gasteiger partial charge in [-0.05, 0) is 18.6 Å². The quantitative estimate of drug-likeness (QED) is 0.711. The number of aromatic amines is 1. The summed E-state index contributed by atoms with van der Waals surface area (Å²) in [4.78, 5) is 13.9. The lowest BCUT2D eigenvalue weighted by Crippen LogP contribution is -2.45. The highest BCUT2D eigenvalue weighted by molar-refractivity contribution is 5.52. The summed E-state index contributed by atoms with van der Waals surface area (Å²) < 4.78 is 47.3. The van der Waals surface area contributed by atoms with Crippen LogP contribution in [0.5, 0.6) is 0 Å². The fourth-order valence-corrected chi connectivity index (χ4v) is 3.36. The van der Waals surface area contributed by atoms with E-state index in [4.69, 9.17) is 4.52 Å². The molecule has 1 aliphatic heterocycles. The summed E-state index contributed by atoms with van der Waals surface area (Å²) in [6, 6.07) is 3.23. The van der Waals surface area contributed by atoms with Gasteiger partial charge in [-0.2, -0.15) is 23.3 Å². The molecule has 1 aliphatic rings. The Morgan fingerprint density at radius 3 is 2.71 bits per heavy atom. The van der Waals surface area contributed by atoms with Crippen molar-refractivity contribution in [2.45, 2.75) is 37.9 Å². The van der Waals surface area contributed by atoms with Crippen LogP contribution in [0.2, 0.25) is 0 Å². The average molecular weight is 393 g/mol. The fourth-order valence-electron chi connectivity index (χ4n) is 3.36. The standard InChI is InChI=1S/C17H18F3N7O/c1-2-12-22-13(25-24-12)9-27-8-5-16(10-27,17(18,19)20)15-23-14(26-28-15)11-3-6-21-7-4-11/h3-4,6-7H,2,5,8-10H2,1H3,(H,22,24,25). The summed E-state index contributed by atoms with van der Waals surface area (Å²) in [5, 5.41) is 10.6. The molecule has 11 heteroatoms. The first-order valence-corrected chi connectivity index (χ1v) is 8.85. The van der Waals surface area contributed by atoms with Gasteiger partial charge in [0.05, 0.1) is 6.54 Å². The third-order valence-corrected chi connectivity index (χ3v) is 4.93. The lowest BCUT2D eigenvalue weighted by Gasteiger charge is -2.27. The summed E-state index contributed by atoms with van der Waals surface area (Å²) in [5.41, 5.74) is -1.66. The molecular weight excluding hydrogens is 375 g/mol. The average Bonchev–Trinajstić information content (AvgIpc) is 3.42. The van der Waals surface area contributed by atoms with Crippen molar-refractivity contribution < 1.29 is 17.7 Å². The van der Waals surface area contributed by atoms with E-state index in [9.17, 15) is 13.2 Å². The van der Waals surface area contributed by atoms with Crippen LogP contribution in [0, 0.1) is 0 Å². The van der Waals surface area contributed by atoms with Crippen LogP contribution in [-0.2, 0) is 18.4 Å². The zero-order valence-corrected chi connectivity index (χ0v) is 15.1. The van der Waals surface area contributed by atoms with Gasteiger partial charge in [-0.1, -0.05) is 12.1 Å². The molecule has 0 spiro atoms. The van der Waals surface area contributed by atoms with Crippen LogP contribution in [0.25, 0.3) is 11.4 Å². The van der Waals surface area contributed by atoms with Gasteiger partial charge >= 0.3 is 6.18 Å². The molecule has 0 aliphatic carbocycles. The molecule has 0 amide bonds. The Balaban J connectivity index is 1.59. The molecule has 1 atom stereocenters. The second-order valence-electron chi connectivity index (χ2n) is 6.75. The van der Waals surface area contributed by atoms with E-state index < -0.39 is 17.5 Å². The van der Waals surface area contributed by atoms with Gasteiger partial charge in [0.25, 0.3) is 0 Å². The molecule has 0 bridgehead atoms. The minimum Gasteiger partial charge on any atom is -0.338 e. The van der Waals surface area contributed by atoms with E-state index in [0.29, 0.717) is 23.6 Å². The molecule has 4 heterocycles. The molecule has 0 radical (unpaired) electrons. The number of halogens is 3. The summed E-state index contributed by atoms with van der Waals surface area (Å²) in [6.45, 7) is 2.11. The van der Waals surface area contributed by atoms with E-state index in [1.807, 2.05) is 6.92 Å². The number of nitrogens with zero attached hydrogens (tertiary/aromatic N) is 6. The number of H-pyrrole nitrogens is 1. The molecule has 3 aromatic heterocycles. The lowest BCUT2D eigenvalue weighted by atomic mass is 9.86. The van der Waals surface area contributed by atoms with Gasteiger partial charge in [0.1, 0.15) is 11.6 Å². The first kappa shape index (κ1) is 18.5. The molecule has 0 aromatic carbocycles. The highest BCUT2D eigenvalue weighted by atomic mass is 19.4. The molecule has 3 aromatic rings. The van der Waals surface area contributed by atoms with Crippen LogP contribution in [0.1, 0.15) is 30.9 Å². The Bertz CT molecular complexity index is 940. The van der Waals surface area contributed by atoms with Crippen LogP contribution < -0.4 is 0 Å². The highest BCUT2D eigenvalue weighted by Crippen LogP contribution is 2.47. The van der Waals surface area contributed by atoms with E-state index in [1.54, 1.807) is 17.0 Å². The second-order valence-corrected chi connectivity index (χ2v) is 6.75. The van der Waals surface area contributed by atoms with E-state index >= 15 is 0 Å². The number of aryl methyl sites for hydroxylation is 1. The normalized spacial score (nSPS) is 20.7. The van der Waals surface area contributed by atoms with Gasteiger partial charge in [0.15, 0.2) is 5.41 Å². The van der Waals surface area contributed by atoms with E-state index in [2.05, 4.69) is 30.3 Å². The van der Waals surface area contributed by atoms with Crippen LogP contribution in [0.4, 0.5) is 13.2 Å². The SMILES string of the molecule is CCc1n[nH]c(CN2CCC(c3nc(-c4ccncc4)no3)(C(F)(F)F)C2)n1. The largest absolute Gasteiger partial charge is 0.404 e. The highest BCUT2D eigenvalue weighted by Gasteiger charge is 2.62. The molecule has 1 unspecified atom stereocenters. The number of hydrogen-bond acceptors (Lipinski definition) is 7. The maximum Gasteiger partial charge on any atom is 0.404 e. The molecule has 28 heavy (non-hydrogen) atoms. The molecule has 4 rings (SSSR count). The van der Waals surface area contributed by atoms with Crippen molar-refractivity contribution in [3.05, 3.63) is 42.1 Å². The monoisotopic (exact) mass is 393 g/mol. The summed E-state index contributed by atoms with van der Waals surface area (Å²) in [6.07, 6.45) is -1.000. The Morgan fingerprint density at radius 1 is 1.25 bits per heavy atom. The molecule has 0 saturated carbocycles. The van der Waals surface area contributed by atoms with Gasteiger partial charge < -0.3 is 4.52 Å². The molecule has 8 nitrogen and oxygen atoms in total. The molecule has 1 N–H and O–H groups in total. The number of rotatable bonds is 5. The summed E-state index contributed by atoms with van der Waals surface area (Å²) >= 11 is 0. The molecule has 148 valence electrons. The number of alkyl halides is 3. The minimum absolute atomic E-state index is 0.113. The van der Waals surface area contributed by atoms with Crippen molar-refractivity contribution in [2.75, 3.05) is 13.1 Å². The minimum atomic E-state index is -4.53. The van der Waals surface area contributed by atoms with Crippen molar-refractivity contribution in [1.82, 2.24) is 35.2 Å². The number of pyridine rings is 1. The number of nitrogens with one attached hydrogen (secondary N) is 1. The van der Waals surface area contributed by atoms with Gasteiger partial charge in [-0.25, -0.2) is 4.98 Å². The van der Waals surface area contributed by atoms with E-state index in [1.165, 1.54) is 12.4 Å². The van der Waals surface area contributed by atoms with Crippen LogP contribution in [0.3, 0.4) is 0 Å². The van der Waals surface area contributed by atoms with Gasteiger partial charge in [0.2, 0.25) is 11.7 Å². The number of hydrogen-bond donors (Lipinski definition) is 1. The molecule has 1 fully saturated rings. The van der Waals surface area contributed by atoms with E-state index in [-0.39, 0.29) is 31.9 Å². The molecule has 1 saturated heterocycles. The predicted molar refractivity (Wildman–Crippen MR) is 90.9 cm³/mol. The van der Waals surface area contributed by atoms with E-state index in [0.717, 1.165) is 0 Å². The number of likely N-dealkylation sites (tertiary alicyclic amines) is 1. The Hall–Kier alpha value is -2.82. The maximum absolute atomic E-state index is 14.1. The van der Waals surface area contributed by atoms with Crippen molar-refractivity contribution in [1.29, 1.82) is 0 Å². The third-order valence-electron chi connectivity index (χ3n) is 4.93. The topological polar surface area (TPSA) is 96.6 Å². The maximum atomic E-state index is 14.1. The second kappa shape index (κ2) is 6.97. The van der Waals surface area contributed by atoms with Crippen molar-refractivity contribution in [3.8, 4) is 11.4 Å². The molecular formula is C17H18F3N7O. The fraction of sp³-hybridized carbons (Fsp3) is 0.471. The first-order valence-electron chi connectivity index (χ1n) is 8.85.